The summed E-state index contributed by atoms with van der Waals surface area (Å²) in [6.07, 6.45) is 103. The molecule has 0 aromatic carbocycles. The van der Waals surface area contributed by atoms with Crippen LogP contribution in [0.1, 0.15) is 310 Å². The van der Waals surface area contributed by atoms with Crippen molar-refractivity contribution in [2.75, 3.05) is 39.6 Å². The van der Waals surface area contributed by atoms with Gasteiger partial charge in [-0.1, -0.05) is 299 Å². The predicted molar refractivity (Wildman–Crippen MR) is 463 cm³/mol. The van der Waals surface area contributed by atoms with Gasteiger partial charge in [-0.3, -0.25) is 37.3 Å². The van der Waals surface area contributed by atoms with Crippen LogP contribution in [0.2, 0.25) is 0 Å². The molecule has 0 aliphatic carbocycles. The molecular formula is C93H150O17P2. The summed E-state index contributed by atoms with van der Waals surface area (Å²) in [5, 5.41) is 10.7. The molecule has 19 heteroatoms. The number of aliphatic hydroxyl groups is 1. The van der Waals surface area contributed by atoms with Crippen molar-refractivity contribution < 1.29 is 80.2 Å². The summed E-state index contributed by atoms with van der Waals surface area (Å²) < 4.78 is 68.7. The Labute approximate surface area is 678 Å². The van der Waals surface area contributed by atoms with Crippen molar-refractivity contribution in [1.29, 1.82) is 0 Å². The standard InChI is InChI=1S/C93H150O17P2/c1-5-9-13-17-21-25-29-33-37-40-43-46-50-53-57-61-65-69-73-77-90(95)103-83-88(109-92(97)79-75-71-67-63-59-55-49-36-32-28-24-20-16-12-8-4)85-107-111(99,100)105-81-87(94)82-106-112(101,102)108-86-89(110-93(98)80-76-72-68-64-60-56-52-48-45-42-39-35-31-27-23-19-15-11-7-3)84-104-91(96)78-74-70-66-62-58-54-51-47-44-41-38-34-30-26-22-18-14-10-6-2/h10-11,14-15,21-23,25-28,32-35,37-39,43-48,53-54,56-58,60,65,69,87-89,94H,5-9,12-13,16-20,24,29-31,36,40-42,49-52,55,59,61-64,66-68,70-86H2,1-4H3,(H,99,100)(H,101,102)/b14-10-,15-11-,25-21-,26-22-,27-23-,32-28-,37-33-,38-34-,39-35-,46-43-,47-44-,48-45-,57-53-,58-54-,60-56-,69-65-/t87-,88+,89+/m0/s1. The number of aliphatic hydroxyl groups excluding tert-OH is 1. The molecule has 0 aromatic rings. The molecule has 2 unspecified atom stereocenters. The maximum atomic E-state index is 13.1. The summed E-state index contributed by atoms with van der Waals surface area (Å²) in [6.45, 7) is 4.44. The van der Waals surface area contributed by atoms with Crippen molar-refractivity contribution in [3.05, 3.63) is 194 Å². The van der Waals surface area contributed by atoms with E-state index in [-0.39, 0.29) is 25.7 Å². The quantitative estimate of drug-likeness (QED) is 0.0169. The third-order valence-corrected chi connectivity index (χ3v) is 18.9. The second-order valence-corrected chi connectivity index (χ2v) is 30.6. The minimum atomic E-state index is -5.02. The van der Waals surface area contributed by atoms with Gasteiger partial charge in [-0.15, -0.1) is 0 Å². The van der Waals surface area contributed by atoms with Crippen LogP contribution >= 0.6 is 15.6 Å². The van der Waals surface area contributed by atoms with Gasteiger partial charge in [0.05, 0.1) is 26.4 Å². The largest absolute Gasteiger partial charge is 0.472 e. The Bertz CT molecular complexity index is 2890. The van der Waals surface area contributed by atoms with Crippen LogP contribution in [0.15, 0.2) is 194 Å². The van der Waals surface area contributed by atoms with E-state index in [1.165, 1.54) is 44.9 Å². The lowest BCUT2D eigenvalue weighted by atomic mass is 10.1. The second-order valence-electron chi connectivity index (χ2n) is 27.6. The van der Waals surface area contributed by atoms with Gasteiger partial charge in [0, 0.05) is 25.7 Å². The predicted octanol–water partition coefficient (Wildman–Crippen LogP) is 25.7. The molecule has 0 fully saturated rings. The van der Waals surface area contributed by atoms with E-state index in [2.05, 4.69) is 210 Å². The maximum absolute atomic E-state index is 13.1. The fourth-order valence-electron chi connectivity index (χ4n) is 10.6. The molecular weight excluding hydrogens is 1450 g/mol. The number of ether oxygens (including phenoxy) is 4. The first-order valence-electron chi connectivity index (χ1n) is 42.7. The molecule has 0 saturated carbocycles. The van der Waals surface area contributed by atoms with Crippen LogP contribution in [0.4, 0.5) is 0 Å². The molecule has 0 saturated heterocycles. The van der Waals surface area contributed by atoms with Gasteiger partial charge in [-0.25, -0.2) is 9.13 Å². The highest BCUT2D eigenvalue weighted by atomic mass is 31.2. The molecule has 0 heterocycles. The third-order valence-electron chi connectivity index (χ3n) is 17.0. The molecule has 0 rings (SSSR count). The average molecular weight is 1600 g/mol. The maximum Gasteiger partial charge on any atom is 0.472 e. The first-order chi connectivity index (χ1) is 54.7. The van der Waals surface area contributed by atoms with E-state index in [9.17, 15) is 43.2 Å². The molecule has 112 heavy (non-hydrogen) atoms. The first-order valence-corrected chi connectivity index (χ1v) is 45.7. The van der Waals surface area contributed by atoms with Crippen LogP contribution in [-0.4, -0.2) is 96.7 Å². The summed E-state index contributed by atoms with van der Waals surface area (Å²) >= 11 is 0. The summed E-state index contributed by atoms with van der Waals surface area (Å²) in [5.74, 6) is -2.36. The number of hydrogen-bond acceptors (Lipinski definition) is 15. The number of phosphoric ester groups is 2. The van der Waals surface area contributed by atoms with E-state index in [0.29, 0.717) is 32.1 Å². The smallest absolute Gasteiger partial charge is 0.462 e. The van der Waals surface area contributed by atoms with Crippen molar-refractivity contribution in [2.24, 2.45) is 0 Å². The van der Waals surface area contributed by atoms with Crippen LogP contribution in [-0.2, 0) is 65.4 Å². The topological polar surface area (TPSA) is 237 Å². The third kappa shape index (κ3) is 81.9. The summed E-state index contributed by atoms with van der Waals surface area (Å²) in [7, 11) is -10.0. The zero-order valence-corrected chi connectivity index (χ0v) is 71.3. The molecule has 0 aliphatic rings. The van der Waals surface area contributed by atoms with E-state index in [4.69, 9.17) is 37.0 Å². The molecule has 0 bridgehead atoms. The van der Waals surface area contributed by atoms with Crippen LogP contribution < -0.4 is 0 Å². The monoisotopic (exact) mass is 1600 g/mol. The average Bonchev–Trinajstić information content (AvgIpc) is 0.898. The number of phosphoric acid groups is 2. The Balaban J connectivity index is 5.54. The highest BCUT2D eigenvalue weighted by Gasteiger charge is 2.30. The lowest BCUT2D eigenvalue weighted by molar-refractivity contribution is -0.161. The number of carbonyl (C=O) groups excluding carboxylic acids is 4. The fraction of sp³-hybridized carbons (Fsp3) is 0.613. The second kappa shape index (κ2) is 82.9. The van der Waals surface area contributed by atoms with Crippen molar-refractivity contribution in [3.63, 3.8) is 0 Å². The van der Waals surface area contributed by atoms with Crippen LogP contribution in [0.25, 0.3) is 0 Å². The molecule has 634 valence electrons. The zero-order chi connectivity index (χ0) is 81.7. The number of hydrogen-bond donors (Lipinski definition) is 3. The molecule has 0 radical (unpaired) electrons. The van der Waals surface area contributed by atoms with Gasteiger partial charge < -0.3 is 33.8 Å². The summed E-state index contributed by atoms with van der Waals surface area (Å²) in [5.41, 5.74) is 0. The highest BCUT2D eigenvalue weighted by Crippen LogP contribution is 2.45. The number of allylic oxidation sites excluding steroid dienone is 32. The number of rotatable bonds is 78. The number of unbranched alkanes of at least 4 members (excludes halogenated alkanes) is 20. The Morgan fingerprint density at radius 1 is 0.259 bits per heavy atom. The minimum Gasteiger partial charge on any atom is -0.462 e. The Morgan fingerprint density at radius 3 is 0.804 bits per heavy atom. The minimum absolute atomic E-state index is 0.0300. The molecule has 3 N–H and O–H groups in total. The normalized spacial score (nSPS) is 14.7. The molecule has 0 aliphatic heterocycles. The molecule has 5 atom stereocenters. The van der Waals surface area contributed by atoms with Crippen LogP contribution in [0.3, 0.4) is 0 Å². The molecule has 0 aromatic heterocycles. The number of esters is 4. The van der Waals surface area contributed by atoms with E-state index in [1.807, 2.05) is 12.2 Å². The van der Waals surface area contributed by atoms with E-state index >= 15 is 0 Å². The van der Waals surface area contributed by atoms with Gasteiger partial charge in [-0.2, -0.15) is 0 Å². The Morgan fingerprint density at radius 2 is 0.482 bits per heavy atom. The molecule has 0 spiro atoms. The first kappa shape index (κ1) is 106. The van der Waals surface area contributed by atoms with E-state index in [1.54, 1.807) is 0 Å². The summed E-state index contributed by atoms with van der Waals surface area (Å²) in [6, 6.07) is 0. The van der Waals surface area contributed by atoms with Gasteiger partial charge in [-0.05, 0) is 180 Å². The SMILES string of the molecule is CC/C=C\C/C=C\C/C=C\C/C=C\C/C=C\CCCCCC(=O)OC[C@H](COP(=O)(O)OC[C@@H](O)COP(=O)(O)OC[C@@H](COC(=O)CC/C=C\C/C=C\C/C=C\C/C=C\C/C=C\CCCCC)OC(=O)CCCCCCCCC/C=C\CCCCCC)OC(=O)CCCCC/C=C\C/C=C\C/C=C\C/C=C\C/C=C\CC. The van der Waals surface area contributed by atoms with Crippen molar-refractivity contribution in [3.8, 4) is 0 Å². The van der Waals surface area contributed by atoms with Gasteiger partial charge >= 0.3 is 39.5 Å². The van der Waals surface area contributed by atoms with Gasteiger partial charge in [0.25, 0.3) is 0 Å². The highest BCUT2D eigenvalue weighted by molar-refractivity contribution is 7.47. The zero-order valence-electron chi connectivity index (χ0n) is 69.5. The van der Waals surface area contributed by atoms with Crippen molar-refractivity contribution >= 4 is 39.5 Å². The fourth-order valence-corrected chi connectivity index (χ4v) is 12.2. The van der Waals surface area contributed by atoms with E-state index in [0.717, 1.165) is 180 Å². The lowest BCUT2D eigenvalue weighted by Gasteiger charge is -2.21. The van der Waals surface area contributed by atoms with Gasteiger partial charge in [0.1, 0.15) is 19.3 Å². The van der Waals surface area contributed by atoms with Gasteiger partial charge in [0.2, 0.25) is 0 Å². The Kier molecular flexibility index (Phi) is 78.4. The lowest BCUT2D eigenvalue weighted by Crippen LogP contribution is -2.30. The molecule has 0 amide bonds. The van der Waals surface area contributed by atoms with Crippen LogP contribution in [0.5, 0.6) is 0 Å². The summed E-state index contributed by atoms with van der Waals surface area (Å²) in [4.78, 5) is 73.2. The number of carbonyl (C=O) groups is 4. The Hall–Kier alpha value is -6.10. The van der Waals surface area contributed by atoms with Crippen LogP contribution in [0, 0.1) is 0 Å². The molecule has 17 nitrogen and oxygen atoms in total. The van der Waals surface area contributed by atoms with Crippen molar-refractivity contribution in [1.82, 2.24) is 0 Å². The van der Waals surface area contributed by atoms with Crippen molar-refractivity contribution in [2.45, 2.75) is 329 Å². The van der Waals surface area contributed by atoms with E-state index < -0.39 is 97.5 Å². The van der Waals surface area contributed by atoms with Gasteiger partial charge in [0.15, 0.2) is 12.2 Å².